The van der Waals surface area contributed by atoms with Gasteiger partial charge in [0.15, 0.2) is 6.29 Å². The average Bonchev–Trinajstić information content (AvgIpc) is 2.45. The lowest BCUT2D eigenvalue weighted by Crippen LogP contribution is -2.24. The first-order chi connectivity index (χ1) is 9.29. The standard InChI is InChI=1S/C13H15ClN2O3/c1-15-10-9-16-12(14)8-11(10)17-6-7-19-13-4-2-3-5-18-13/h8-9,13H,2-7H2. The van der Waals surface area contributed by atoms with Crippen molar-refractivity contribution < 1.29 is 14.2 Å². The van der Waals surface area contributed by atoms with Crippen molar-refractivity contribution in [3.8, 4) is 5.75 Å². The first kappa shape index (κ1) is 14.1. The molecule has 5 nitrogen and oxygen atoms in total. The maximum Gasteiger partial charge on any atom is 0.246 e. The van der Waals surface area contributed by atoms with Crippen LogP contribution in [0, 0.1) is 6.57 Å². The third-order valence-electron chi connectivity index (χ3n) is 2.72. The van der Waals surface area contributed by atoms with E-state index >= 15 is 0 Å². The Morgan fingerprint density at radius 2 is 2.37 bits per heavy atom. The fourth-order valence-electron chi connectivity index (χ4n) is 1.78. The molecular formula is C13H15ClN2O3. The Hall–Kier alpha value is -1.35. The van der Waals surface area contributed by atoms with E-state index in [2.05, 4.69) is 9.83 Å². The van der Waals surface area contributed by atoms with Crippen LogP contribution in [-0.4, -0.2) is 31.1 Å². The SMILES string of the molecule is [C-]#[N+]c1cnc(Cl)cc1OCCOC1CCCCO1. The Bertz CT molecular complexity index is 456. The lowest BCUT2D eigenvalue weighted by Gasteiger charge is -2.22. The molecule has 0 saturated carbocycles. The van der Waals surface area contributed by atoms with Crippen molar-refractivity contribution in [2.45, 2.75) is 25.6 Å². The van der Waals surface area contributed by atoms with Gasteiger partial charge < -0.3 is 14.2 Å². The molecule has 102 valence electrons. The second kappa shape index (κ2) is 7.29. The Morgan fingerprint density at radius 1 is 1.47 bits per heavy atom. The van der Waals surface area contributed by atoms with Crippen LogP contribution in [-0.2, 0) is 9.47 Å². The van der Waals surface area contributed by atoms with Crippen LogP contribution in [0.3, 0.4) is 0 Å². The molecule has 0 aliphatic carbocycles. The molecule has 0 aromatic carbocycles. The maximum atomic E-state index is 7.01. The summed E-state index contributed by atoms with van der Waals surface area (Å²) >= 11 is 5.76. The molecule has 0 spiro atoms. The molecule has 2 heterocycles. The van der Waals surface area contributed by atoms with E-state index in [9.17, 15) is 0 Å². The van der Waals surface area contributed by atoms with Gasteiger partial charge in [-0.3, -0.25) is 4.98 Å². The first-order valence-corrected chi connectivity index (χ1v) is 6.56. The zero-order valence-corrected chi connectivity index (χ0v) is 11.2. The molecule has 1 aromatic heterocycles. The summed E-state index contributed by atoms with van der Waals surface area (Å²) in [6.45, 7) is 8.53. The fourth-order valence-corrected chi connectivity index (χ4v) is 1.93. The largest absolute Gasteiger partial charge is 0.502 e. The van der Waals surface area contributed by atoms with E-state index in [4.69, 9.17) is 32.4 Å². The van der Waals surface area contributed by atoms with Crippen molar-refractivity contribution in [2.75, 3.05) is 19.8 Å². The Morgan fingerprint density at radius 3 is 3.11 bits per heavy atom. The summed E-state index contributed by atoms with van der Waals surface area (Å²) in [7, 11) is 0. The summed E-state index contributed by atoms with van der Waals surface area (Å²) in [5.74, 6) is 0.433. The van der Waals surface area contributed by atoms with E-state index in [0.29, 0.717) is 29.8 Å². The highest BCUT2D eigenvalue weighted by Crippen LogP contribution is 2.28. The molecule has 1 unspecified atom stereocenters. The molecule has 1 fully saturated rings. The minimum atomic E-state index is -0.126. The first-order valence-electron chi connectivity index (χ1n) is 6.18. The molecule has 0 bridgehead atoms. The quantitative estimate of drug-likeness (QED) is 0.473. The molecule has 1 atom stereocenters. The molecule has 2 rings (SSSR count). The van der Waals surface area contributed by atoms with Crippen LogP contribution >= 0.6 is 11.6 Å². The van der Waals surface area contributed by atoms with Crippen LogP contribution in [0.25, 0.3) is 4.85 Å². The summed E-state index contributed by atoms with van der Waals surface area (Å²) in [6, 6.07) is 1.53. The van der Waals surface area contributed by atoms with Crippen LogP contribution in [0.15, 0.2) is 12.3 Å². The van der Waals surface area contributed by atoms with Crippen molar-refractivity contribution in [3.63, 3.8) is 0 Å². The van der Waals surface area contributed by atoms with Crippen molar-refractivity contribution >= 4 is 17.3 Å². The number of aromatic nitrogens is 1. The topological polar surface area (TPSA) is 44.9 Å². The summed E-state index contributed by atoms with van der Waals surface area (Å²) in [4.78, 5) is 7.15. The van der Waals surface area contributed by atoms with Gasteiger partial charge >= 0.3 is 0 Å². The predicted molar refractivity (Wildman–Crippen MR) is 70.5 cm³/mol. The lowest BCUT2D eigenvalue weighted by atomic mass is 10.2. The highest BCUT2D eigenvalue weighted by molar-refractivity contribution is 6.29. The van der Waals surface area contributed by atoms with Crippen LogP contribution in [0.2, 0.25) is 5.15 Å². The summed E-state index contributed by atoms with van der Waals surface area (Å²) in [5, 5.41) is 0.305. The molecule has 6 heteroatoms. The molecular weight excluding hydrogens is 268 g/mol. The maximum absolute atomic E-state index is 7.01. The highest BCUT2D eigenvalue weighted by Gasteiger charge is 2.13. The Labute approximate surface area is 117 Å². The summed E-state index contributed by atoms with van der Waals surface area (Å²) in [6.07, 6.45) is 4.43. The van der Waals surface area contributed by atoms with Crippen molar-refractivity contribution in [1.82, 2.24) is 4.98 Å². The van der Waals surface area contributed by atoms with Crippen LogP contribution in [0.1, 0.15) is 19.3 Å². The molecule has 1 saturated heterocycles. The zero-order chi connectivity index (χ0) is 13.5. The normalized spacial score (nSPS) is 18.8. The smallest absolute Gasteiger partial charge is 0.246 e. The van der Waals surface area contributed by atoms with Gasteiger partial charge in [0, 0.05) is 18.9 Å². The third kappa shape index (κ3) is 4.35. The van der Waals surface area contributed by atoms with Crippen molar-refractivity contribution in [3.05, 3.63) is 28.8 Å². The zero-order valence-electron chi connectivity index (χ0n) is 10.5. The monoisotopic (exact) mass is 282 g/mol. The minimum absolute atomic E-state index is 0.126. The van der Waals surface area contributed by atoms with Crippen LogP contribution in [0.5, 0.6) is 5.75 Å². The molecule has 19 heavy (non-hydrogen) atoms. The summed E-state index contributed by atoms with van der Waals surface area (Å²) < 4.78 is 16.5. The van der Waals surface area contributed by atoms with Crippen LogP contribution in [0.4, 0.5) is 5.69 Å². The second-order valence-electron chi connectivity index (χ2n) is 4.10. The van der Waals surface area contributed by atoms with E-state index in [1.807, 2.05) is 0 Å². The van der Waals surface area contributed by atoms with E-state index in [1.54, 1.807) is 0 Å². The number of hydrogen-bond acceptors (Lipinski definition) is 4. The van der Waals surface area contributed by atoms with Crippen LogP contribution < -0.4 is 4.74 Å². The van der Waals surface area contributed by atoms with Gasteiger partial charge in [-0.25, -0.2) is 4.85 Å². The third-order valence-corrected chi connectivity index (χ3v) is 2.92. The van der Waals surface area contributed by atoms with Gasteiger partial charge in [0.2, 0.25) is 5.69 Å². The van der Waals surface area contributed by atoms with Gasteiger partial charge in [-0.1, -0.05) is 11.6 Å². The minimum Gasteiger partial charge on any atom is -0.502 e. The van der Waals surface area contributed by atoms with Gasteiger partial charge in [-0.15, -0.1) is 0 Å². The number of hydrogen-bond donors (Lipinski definition) is 0. The Kier molecular flexibility index (Phi) is 5.40. The van der Waals surface area contributed by atoms with Crippen molar-refractivity contribution in [2.24, 2.45) is 0 Å². The average molecular weight is 283 g/mol. The van der Waals surface area contributed by atoms with E-state index in [1.165, 1.54) is 12.3 Å². The Balaban J connectivity index is 1.76. The van der Waals surface area contributed by atoms with Gasteiger partial charge in [-0.05, 0) is 19.3 Å². The highest BCUT2D eigenvalue weighted by atomic mass is 35.5. The molecule has 0 radical (unpaired) electrons. The number of halogens is 1. The molecule has 1 aliphatic rings. The van der Waals surface area contributed by atoms with Crippen molar-refractivity contribution in [1.29, 1.82) is 0 Å². The van der Waals surface area contributed by atoms with Gasteiger partial charge in [0.1, 0.15) is 17.5 Å². The molecule has 1 aliphatic heterocycles. The fraction of sp³-hybridized carbons (Fsp3) is 0.538. The molecule has 0 N–H and O–H groups in total. The number of ether oxygens (including phenoxy) is 3. The molecule has 1 aromatic rings. The van der Waals surface area contributed by atoms with E-state index in [0.717, 1.165) is 25.9 Å². The lowest BCUT2D eigenvalue weighted by molar-refractivity contribution is -0.165. The number of nitrogens with zero attached hydrogens (tertiary/aromatic N) is 2. The number of rotatable bonds is 5. The van der Waals surface area contributed by atoms with E-state index < -0.39 is 0 Å². The van der Waals surface area contributed by atoms with E-state index in [-0.39, 0.29) is 6.29 Å². The summed E-state index contributed by atoms with van der Waals surface area (Å²) in [5.41, 5.74) is 0.346. The van der Waals surface area contributed by atoms with Gasteiger partial charge in [-0.2, -0.15) is 0 Å². The number of pyridine rings is 1. The van der Waals surface area contributed by atoms with Gasteiger partial charge in [0.05, 0.1) is 13.2 Å². The second-order valence-corrected chi connectivity index (χ2v) is 4.49. The molecule has 0 amide bonds. The van der Waals surface area contributed by atoms with Gasteiger partial charge in [0.25, 0.3) is 0 Å². The predicted octanol–water partition coefficient (Wildman–Crippen LogP) is 3.21.